The second-order valence-corrected chi connectivity index (χ2v) is 6.56. The van der Waals surface area contributed by atoms with E-state index in [-0.39, 0.29) is 30.5 Å². The van der Waals surface area contributed by atoms with Gasteiger partial charge in [-0.2, -0.15) is 0 Å². The lowest BCUT2D eigenvalue weighted by atomic mass is 9.95. The molecule has 3 saturated heterocycles. The largest absolute Gasteiger partial charge is 0.384 e. The highest BCUT2D eigenvalue weighted by Gasteiger charge is 2.57. The molecule has 0 aromatic rings. The third kappa shape index (κ3) is 2.61. The highest BCUT2D eigenvalue weighted by Crippen LogP contribution is 2.43. The summed E-state index contributed by atoms with van der Waals surface area (Å²) < 4.78 is 34.7. The molecule has 6 heteroatoms. The van der Waals surface area contributed by atoms with E-state index in [1.54, 1.807) is 7.11 Å². The molecule has 0 aromatic heterocycles. The van der Waals surface area contributed by atoms with Gasteiger partial charge in [-0.25, -0.2) is 0 Å². The molecule has 0 radical (unpaired) electrons. The summed E-state index contributed by atoms with van der Waals surface area (Å²) in [5, 5.41) is 0. The van der Waals surface area contributed by atoms with Gasteiger partial charge in [0.2, 0.25) is 0 Å². The van der Waals surface area contributed by atoms with E-state index in [1.807, 2.05) is 27.7 Å². The van der Waals surface area contributed by atoms with Crippen molar-refractivity contribution in [2.24, 2.45) is 5.92 Å². The Morgan fingerprint density at radius 2 is 1.75 bits per heavy atom. The molecule has 5 atom stereocenters. The van der Waals surface area contributed by atoms with Crippen LogP contribution in [0.2, 0.25) is 0 Å². The maximum absolute atomic E-state index is 6.03. The van der Waals surface area contributed by atoms with Crippen molar-refractivity contribution in [2.45, 2.75) is 63.9 Å². The molecule has 0 aliphatic carbocycles. The summed E-state index contributed by atoms with van der Waals surface area (Å²) in [6.07, 6.45) is -0.737. The van der Waals surface area contributed by atoms with Crippen molar-refractivity contribution in [3.63, 3.8) is 0 Å². The molecular formula is C14H24O6. The minimum Gasteiger partial charge on any atom is -0.384 e. The summed E-state index contributed by atoms with van der Waals surface area (Å²) in [6.45, 7) is 8.67. The van der Waals surface area contributed by atoms with Crippen LogP contribution in [0.4, 0.5) is 0 Å². The van der Waals surface area contributed by atoms with Crippen LogP contribution >= 0.6 is 0 Å². The van der Waals surface area contributed by atoms with Gasteiger partial charge in [0.05, 0.1) is 19.3 Å². The third-order valence-electron chi connectivity index (χ3n) is 3.98. The number of hydrogen-bond acceptors (Lipinski definition) is 6. The molecule has 20 heavy (non-hydrogen) atoms. The maximum atomic E-state index is 6.03. The van der Waals surface area contributed by atoms with Crippen molar-refractivity contribution in [1.82, 2.24) is 0 Å². The molecule has 3 rings (SSSR count). The van der Waals surface area contributed by atoms with E-state index in [0.717, 1.165) is 0 Å². The topological polar surface area (TPSA) is 55.4 Å². The van der Waals surface area contributed by atoms with Gasteiger partial charge in [-0.05, 0) is 27.7 Å². The van der Waals surface area contributed by atoms with E-state index in [1.165, 1.54) is 0 Å². The van der Waals surface area contributed by atoms with Crippen molar-refractivity contribution in [1.29, 1.82) is 0 Å². The van der Waals surface area contributed by atoms with Crippen molar-refractivity contribution in [2.75, 3.05) is 20.3 Å². The molecule has 6 nitrogen and oxygen atoms in total. The van der Waals surface area contributed by atoms with Gasteiger partial charge in [-0.1, -0.05) is 0 Å². The first kappa shape index (κ1) is 14.7. The minimum absolute atomic E-state index is 0.0780. The summed E-state index contributed by atoms with van der Waals surface area (Å²) in [7, 11) is 1.68. The van der Waals surface area contributed by atoms with E-state index in [2.05, 4.69) is 0 Å². The standard InChI is InChI=1S/C14H24O6/c1-13(2)16-7-9(18-13)10-8(6-15-5)11-12(17-10)20-14(3,4)19-11/h8-12H,6-7H2,1-5H3/t8-,9?,10+,11-,12-/m1/s1. The molecule has 3 heterocycles. The number of ether oxygens (including phenoxy) is 6. The Balaban J connectivity index is 1.73. The van der Waals surface area contributed by atoms with Crippen LogP contribution in [-0.4, -0.2) is 56.5 Å². The second kappa shape index (κ2) is 4.90. The maximum Gasteiger partial charge on any atom is 0.188 e. The summed E-state index contributed by atoms with van der Waals surface area (Å²) in [5.41, 5.74) is 0. The summed E-state index contributed by atoms with van der Waals surface area (Å²) in [4.78, 5) is 0. The van der Waals surface area contributed by atoms with E-state index >= 15 is 0 Å². The smallest absolute Gasteiger partial charge is 0.188 e. The zero-order chi connectivity index (χ0) is 14.5. The van der Waals surface area contributed by atoms with Gasteiger partial charge in [-0.15, -0.1) is 0 Å². The van der Waals surface area contributed by atoms with E-state index in [9.17, 15) is 0 Å². The Morgan fingerprint density at radius 3 is 2.35 bits per heavy atom. The second-order valence-electron chi connectivity index (χ2n) is 6.56. The van der Waals surface area contributed by atoms with Gasteiger partial charge < -0.3 is 28.4 Å². The lowest BCUT2D eigenvalue weighted by Crippen LogP contribution is -2.41. The van der Waals surface area contributed by atoms with Crippen LogP contribution in [0.5, 0.6) is 0 Å². The highest BCUT2D eigenvalue weighted by molar-refractivity contribution is 4.97. The van der Waals surface area contributed by atoms with Crippen molar-refractivity contribution in [3.05, 3.63) is 0 Å². The summed E-state index contributed by atoms with van der Waals surface area (Å²) in [5.74, 6) is -1.10. The predicted octanol–water partition coefficient (Wildman–Crippen LogP) is 1.28. The van der Waals surface area contributed by atoms with Crippen LogP contribution in [-0.2, 0) is 28.4 Å². The van der Waals surface area contributed by atoms with Gasteiger partial charge in [0, 0.05) is 13.0 Å². The predicted molar refractivity (Wildman–Crippen MR) is 69.0 cm³/mol. The molecule has 3 aliphatic rings. The van der Waals surface area contributed by atoms with E-state index < -0.39 is 11.6 Å². The average Bonchev–Trinajstić information content (AvgIpc) is 2.91. The monoisotopic (exact) mass is 288 g/mol. The van der Waals surface area contributed by atoms with E-state index in [4.69, 9.17) is 28.4 Å². The SMILES string of the molecule is COC[C@H]1[C@H]2OC(C)(C)O[C@H]2O[C@@H]1C1COC(C)(C)O1. The highest BCUT2D eigenvalue weighted by atomic mass is 16.8. The first-order chi connectivity index (χ1) is 9.31. The van der Waals surface area contributed by atoms with Crippen LogP contribution in [0.25, 0.3) is 0 Å². The molecule has 3 fully saturated rings. The van der Waals surface area contributed by atoms with Crippen LogP contribution in [0.1, 0.15) is 27.7 Å². The first-order valence-corrected chi connectivity index (χ1v) is 7.13. The Labute approximate surface area is 119 Å². The zero-order valence-electron chi connectivity index (χ0n) is 12.8. The number of rotatable bonds is 3. The van der Waals surface area contributed by atoms with Gasteiger partial charge in [0.15, 0.2) is 17.9 Å². The Hall–Kier alpha value is -0.240. The molecule has 0 bridgehead atoms. The molecule has 1 unspecified atom stereocenters. The van der Waals surface area contributed by atoms with Crippen molar-refractivity contribution < 1.29 is 28.4 Å². The molecular weight excluding hydrogens is 264 g/mol. The van der Waals surface area contributed by atoms with Crippen LogP contribution in [0.3, 0.4) is 0 Å². The van der Waals surface area contributed by atoms with Crippen LogP contribution in [0, 0.1) is 5.92 Å². The lowest BCUT2D eigenvalue weighted by molar-refractivity contribution is -0.228. The fraction of sp³-hybridized carbons (Fsp3) is 1.00. The Bertz CT molecular complexity index is 369. The first-order valence-electron chi connectivity index (χ1n) is 7.13. The van der Waals surface area contributed by atoms with Gasteiger partial charge in [-0.3, -0.25) is 0 Å². The zero-order valence-corrected chi connectivity index (χ0v) is 12.8. The van der Waals surface area contributed by atoms with Gasteiger partial charge >= 0.3 is 0 Å². The number of fused-ring (bicyclic) bond motifs is 1. The molecule has 0 spiro atoms. The van der Waals surface area contributed by atoms with Crippen LogP contribution < -0.4 is 0 Å². The third-order valence-corrected chi connectivity index (χ3v) is 3.98. The summed E-state index contributed by atoms with van der Waals surface area (Å²) >= 11 is 0. The Morgan fingerprint density at radius 1 is 1.00 bits per heavy atom. The fourth-order valence-electron chi connectivity index (χ4n) is 3.22. The number of hydrogen-bond donors (Lipinski definition) is 0. The lowest BCUT2D eigenvalue weighted by Gasteiger charge is -2.28. The molecule has 116 valence electrons. The minimum atomic E-state index is -0.613. The molecule has 0 amide bonds. The average molecular weight is 288 g/mol. The molecule has 3 aliphatic heterocycles. The molecule has 0 saturated carbocycles. The normalized spacial score (nSPS) is 45.8. The molecule has 0 aromatic carbocycles. The fourth-order valence-corrected chi connectivity index (χ4v) is 3.22. The quantitative estimate of drug-likeness (QED) is 0.779. The van der Waals surface area contributed by atoms with Crippen molar-refractivity contribution in [3.8, 4) is 0 Å². The van der Waals surface area contributed by atoms with E-state index in [0.29, 0.717) is 13.2 Å². The number of methoxy groups -OCH3 is 1. The van der Waals surface area contributed by atoms with Gasteiger partial charge in [0.1, 0.15) is 12.2 Å². The van der Waals surface area contributed by atoms with Crippen molar-refractivity contribution >= 4 is 0 Å². The summed E-state index contributed by atoms with van der Waals surface area (Å²) in [6, 6.07) is 0. The molecule has 0 N–H and O–H groups in total. The van der Waals surface area contributed by atoms with Crippen LogP contribution in [0.15, 0.2) is 0 Å². The van der Waals surface area contributed by atoms with Gasteiger partial charge in [0.25, 0.3) is 0 Å². The Kier molecular flexibility index (Phi) is 3.60.